The minimum Gasteiger partial charge on any atom is -0.381 e. The van der Waals surface area contributed by atoms with Crippen molar-refractivity contribution in [2.45, 2.75) is 18.6 Å². The Bertz CT molecular complexity index is 319. The molecule has 0 spiro atoms. The molecule has 0 unspecified atom stereocenters. The van der Waals surface area contributed by atoms with Crippen molar-refractivity contribution in [2.75, 3.05) is 26.0 Å². The van der Waals surface area contributed by atoms with Crippen molar-refractivity contribution >= 4 is 15.7 Å². The average Bonchev–Trinajstić information content (AvgIpc) is 2.63. The molecule has 15 heavy (non-hydrogen) atoms. The van der Waals surface area contributed by atoms with Gasteiger partial charge in [-0.15, -0.1) is 0 Å². The van der Waals surface area contributed by atoms with Crippen LogP contribution in [0.2, 0.25) is 0 Å². The van der Waals surface area contributed by atoms with E-state index in [1.165, 1.54) is 6.92 Å². The molecule has 0 bridgehead atoms. The average molecular weight is 235 g/mol. The monoisotopic (exact) mass is 235 g/mol. The Balaban J connectivity index is 2.35. The Morgan fingerprint density at radius 1 is 1.60 bits per heavy atom. The molecular formula is C9H17NO4S. The number of carbonyl (C=O) groups excluding carboxylic acids is 1. The maximum absolute atomic E-state index is 11.4. The number of rotatable bonds is 4. The zero-order valence-corrected chi connectivity index (χ0v) is 9.84. The fourth-order valence-electron chi connectivity index (χ4n) is 1.33. The molecule has 1 rings (SSSR count). The Labute approximate surface area is 90.1 Å². The summed E-state index contributed by atoms with van der Waals surface area (Å²) >= 11 is 0. The van der Waals surface area contributed by atoms with Crippen LogP contribution in [0.25, 0.3) is 0 Å². The van der Waals surface area contributed by atoms with E-state index in [4.69, 9.17) is 4.74 Å². The first-order chi connectivity index (χ1) is 6.91. The van der Waals surface area contributed by atoms with Gasteiger partial charge in [-0.3, -0.25) is 4.79 Å². The van der Waals surface area contributed by atoms with E-state index in [0.29, 0.717) is 19.1 Å². The zero-order chi connectivity index (χ0) is 11.5. The molecule has 5 nitrogen and oxygen atoms in total. The number of hydrogen-bond donors (Lipinski definition) is 1. The Morgan fingerprint density at radius 3 is 2.73 bits per heavy atom. The number of amides is 1. The van der Waals surface area contributed by atoms with Gasteiger partial charge in [0.1, 0.15) is 5.25 Å². The van der Waals surface area contributed by atoms with Crippen molar-refractivity contribution < 1.29 is 17.9 Å². The number of nitrogens with one attached hydrogen (secondary N) is 1. The van der Waals surface area contributed by atoms with E-state index in [1.807, 2.05) is 0 Å². The fourth-order valence-corrected chi connectivity index (χ4v) is 1.80. The third-order valence-corrected chi connectivity index (χ3v) is 4.10. The second kappa shape index (κ2) is 4.94. The van der Waals surface area contributed by atoms with Crippen LogP contribution in [0.5, 0.6) is 0 Å². The minimum atomic E-state index is -3.29. The van der Waals surface area contributed by atoms with Crippen molar-refractivity contribution in [1.29, 1.82) is 0 Å². The molecule has 1 aliphatic heterocycles. The fraction of sp³-hybridized carbons (Fsp3) is 0.889. The highest BCUT2D eigenvalue weighted by Crippen LogP contribution is 2.10. The topological polar surface area (TPSA) is 72.5 Å². The van der Waals surface area contributed by atoms with Gasteiger partial charge in [0.15, 0.2) is 9.84 Å². The molecule has 0 aromatic heterocycles. The summed E-state index contributed by atoms with van der Waals surface area (Å²) in [4.78, 5) is 11.4. The maximum Gasteiger partial charge on any atom is 0.238 e. The molecule has 2 atom stereocenters. The summed E-state index contributed by atoms with van der Waals surface area (Å²) in [5, 5.41) is 1.66. The van der Waals surface area contributed by atoms with Crippen LogP contribution >= 0.6 is 0 Å². The number of sulfone groups is 1. The van der Waals surface area contributed by atoms with Crippen LogP contribution in [0.4, 0.5) is 0 Å². The zero-order valence-electron chi connectivity index (χ0n) is 9.02. The van der Waals surface area contributed by atoms with Crippen molar-refractivity contribution in [3.05, 3.63) is 0 Å². The smallest absolute Gasteiger partial charge is 0.238 e. The summed E-state index contributed by atoms with van der Waals surface area (Å²) in [5.74, 6) is -0.106. The molecule has 0 aliphatic carbocycles. The standard InChI is InChI=1S/C9H17NO4S/c1-7(15(2,12)13)9(11)10-5-8-3-4-14-6-8/h7-8H,3-6H2,1-2H3,(H,10,11)/t7-,8+/m0/s1. The van der Waals surface area contributed by atoms with Crippen molar-refractivity contribution in [3.8, 4) is 0 Å². The van der Waals surface area contributed by atoms with Crippen LogP contribution in [0.1, 0.15) is 13.3 Å². The largest absolute Gasteiger partial charge is 0.381 e. The summed E-state index contributed by atoms with van der Waals surface area (Å²) in [6.45, 7) is 3.27. The van der Waals surface area contributed by atoms with Gasteiger partial charge in [0.25, 0.3) is 0 Å². The lowest BCUT2D eigenvalue weighted by Gasteiger charge is -2.12. The summed E-state index contributed by atoms with van der Waals surface area (Å²) in [6, 6.07) is 0. The van der Waals surface area contributed by atoms with E-state index < -0.39 is 21.0 Å². The van der Waals surface area contributed by atoms with Crippen LogP contribution in [0.3, 0.4) is 0 Å². The third-order valence-electron chi connectivity index (χ3n) is 2.60. The van der Waals surface area contributed by atoms with Crippen LogP contribution in [0.15, 0.2) is 0 Å². The van der Waals surface area contributed by atoms with Crippen LogP contribution in [0, 0.1) is 5.92 Å². The SMILES string of the molecule is C[C@@H](C(=O)NC[C@H]1CCOC1)S(C)(=O)=O. The van der Waals surface area contributed by atoms with Gasteiger partial charge in [-0.05, 0) is 13.3 Å². The van der Waals surface area contributed by atoms with Crippen LogP contribution in [-0.2, 0) is 19.4 Å². The van der Waals surface area contributed by atoms with Crippen molar-refractivity contribution in [1.82, 2.24) is 5.32 Å². The van der Waals surface area contributed by atoms with Gasteiger partial charge >= 0.3 is 0 Å². The predicted molar refractivity (Wildman–Crippen MR) is 56.2 cm³/mol. The molecular weight excluding hydrogens is 218 g/mol. The lowest BCUT2D eigenvalue weighted by molar-refractivity contribution is -0.120. The molecule has 1 aliphatic rings. The molecule has 6 heteroatoms. The van der Waals surface area contributed by atoms with Gasteiger partial charge in [-0.25, -0.2) is 8.42 Å². The molecule has 1 amide bonds. The highest BCUT2D eigenvalue weighted by molar-refractivity contribution is 7.92. The van der Waals surface area contributed by atoms with E-state index in [2.05, 4.69) is 5.32 Å². The van der Waals surface area contributed by atoms with Crippen molar-refractivity contribution in [3.63, 3.8) is 0 Å². The summed E-state index contributed by atoms with van der Waals surface area (Å²) in [6.07, 6.45) is 1.99. The third kappa shape index (κ3) is 3.79. The quantitative estimate of drug-likeness (QED) is 0.718. The van der Waals surface area contributed by atoms with Crippen LogP contribution < -0.4 is 5.32 Å². The highest BCUT2D eigenvalue weighted by Gasteiger charge is 2.24. The molecule has 88 valence electrons. The van der Waals surface area contributed by atoms with E-state index >= 15 is 0 Å². The van der Waals surface area contributed by atoms with E-state index in [0.717, 1.165) is 19.3 Å². The van der Waals surface area contributed by atoms with E-state index in [-0.39, 0.29) is 0 Å². The first-order valence-electron chi connectivity index (χ1n) is 4.95. The number of hydrogen-bond acceptors (Lipinski definition) is 4. The lowest BCUT2D eigenvalue weighted by atomic mass is 10.1. The Hall–Kier alpha value is -0.620. The molecule has 0 aromatic carbocycles. The number of ether oxygens (including phenoxy) is 1. The van der Waals surface area contributed by atoms with Gasteiger partial charge in [-0.1, -0.05) is 0 Å². The molecule has 0 radical (unpaired) electrons. The minimum absolute atomic E-state index is 0.320. The molecule has 0 saturated carbocycles. The second-order valence-electron chi connectivity index (χ2n) is 3.95. The predicted octanol–water partition coefficient (Wildman–Crippen LogP) is -0.428. The van der Waals surface area contributed by atoms with Gasteiger partial charge in [-0.2, -0.15) is 0 Å². The second-order valence-corrected chi connectivity index (χ2v) is 6.31. The van der Waals surface area contributed by atoms with Crippen LogP contribution in [-0.4, -0.2) is 45.6 Å². The summed E-state index contributed by atoms with van der Waals surface area (Å²) < 4.78 is 27.3. The van der Waals surface area contributed by atoms with Gasteiger partial charge in [0.2, 0.25) is 5.91 Å². The first kappa shape index (κ1) is 12.4. The normalized spacial score (nSPS) is 23.7. The molecule has 1 heterocycles. The number of carbonyl (C=O) groups is 1. The Morgan fingerprint density at radius 2 is 2.27 bits per heavy atom. The maximum atomic E-state index is 11.4. The van der Waals surface area contributed by atoms with Gasteiger partial charge in [0, 0.05) is 25.3 Å². The Kier molecular flexibility index (Phi) is 4.10. The first-order valence-corrected chi connectivity index (χ1v) is 6.91. The van der Waals surface area contributed by atoms with Gasteiger partial charge < -0.3 is 10.1 Å². The highest BCUT2D eigenvalue weighted by atomic mass is 32.2. The molecule has 1 N–H and O–H groups in total. The van der Waals surface area contributed by atoms with E-state index in [9.17, 15) is 13.2 Å². The van der Waals surface area contributed by atoms with Crippen molar-refractivity contribution in [2.24, 2.45) is 5.92 Å². The summed E-state index contributed by atoms with van der Waals surface area (Å²) in [5.41, 5.74) is 0. The lowest BCUT2D eigenvalue weighted by Crippen LogP contribution is -2.39. The van der Waals surface area contributed by atoms with Gasteiger partial charge in [0.05, 0.1) is 6.61 Å². The molecule has 1 saturated heterocycles. The summed E-state index contributed by atoms with van der Waals surface area (Å²) in [7, 11) is -3.29. The molecule has 1 fully saturated rings. The molecule has 0 aromatic rings. The van der Waals surface area contributed by atoms with E-state index in [1.54, 1.807) is 0 Å².